The zero-order valence-electron chi connectivity index (χ0n) is 13.3. The summed E-state index contributed by atoms with van der Waals surface area (Å²) in [5.41, 5.74) is 0.690. The van der Waals surface area contributed by atoms with Crippen molar-refractivity contribution in [3.05, 3.63) is 46.2 Å². The van der Waals surface area contributed by atoms with E-state index in [4.69, 9.17) is 4.74 Å². The standard InChI is InChI=1S/C18H22N2O2S/c1-22-15-6-7-17(21)14(11-15)12-19-13-16(18-5-4-10-23-18)20-8-2-3-9-20/h4-7,10-12,16,21H,2-3,8-9,13H2,1H3/t16-/m1/s1. The number of likely N-dealkylation sites (tertiary alicyclic amines) is 1. The van der Waals surface area contributed by atoms with Gasteiger partial charge in [0.1, 0.15) is 11.5 Å². The molecular weight excluding hydrogens is 308 g/mol. The molecule has 0 unspecified atom stereocenters. The van der Waals surface area contributed by atoms with E-state index in [1.165, 1.54) is 17.7 Å². The molecule has 1 aliphatic heterocycles. The molecule has 1 N–H and O–H groups in total. The van der Waals surface area contributed by atoms with Crippen LogP contribution in [-0.2, 0) is 0 Å². The molecule has 1 fully saturated rings. The molecule has 5 heteroatoms. The monoisotopic (exact) mass is 330 g/mol. The highest BCUT2D eigenvalue weighted by Gasteiger charge is 2.23. The minimum absolute atomic E-state index is 0.225. The third-order valence-electron chi connectivity index (χ3n) is 4.20. The molecule has 2 heterocycles. The van der Waals surface area contributed by atoms with Gasteiger partial charge in [0.25, 0.3) is 0 Å². The smallest absolute Gasteiger partial charge is 0.124 e. The number of benzene rings is 1. The van der Waals surface area contributed by atoms with Gasteiger partial charge in [-0.15, -0.1) is 11.3 Å². The second-order valence-corrected chi connectivity index (χ2v) is 6.67. The van der Waals surface area contributed by atoms with Crippen molar-refractivity contribution in [2.24, 2.45) is 4.99 Å². The predicted octanol–water partition coefficient (Wildman–Crippen LogP) is 3.72. The average molecular weight is 330 g/mol. The number of hydrogen-bond acceptors (Lipinski definition) is 5. The van der Waals surface area contributed by atoms with Gasteiger partial charge in [-0.2, -0.15) is 0 Å². The Morgan fingerprint density at radius 3 is 2.87 bits per heavy atom. The number of methoxy groups -OCH3 is 1. The second kappa shape index (κ2) is 7.62. The zero-order valence-corrected chi connectivity index (χ0v) is 14.1. The van der Waals surface area contributed by atoms with E-state index < -0.39 is 0 Å². The number of rotatable bonds is 6. The number of phenolic OH excluding ortho intramolecular Hbond substituents is 1. The van der Waals surface area contributed by atoms with Crippen LogP contribution < -0.4 is 4.74 Å². The molecule has 0 bridgehead atoms. The molecule has 1 atom stereocenters. The van der Waals surface area contributed by atoms with E-state index in [2.05, 4.69) is 27.4 Å². The SMILES string of the molecule is COc1ccc(O)c(C=NC[C@H](c2cccs2)N2CCCC2)c1. The topological polar surface area (TPSA) is 45.1 Å². The van der Waals surface area contributed by atoms with Crippen LogP contribution in [0.3, 0.4) is 0 Å². The second-order valence-electron chi connectivity index (χ2n) is 5.69. The first-order valence-electron chi connectivity index (χ1n) is 7.92. The first-order valence-corrected chi connectivity index (χ1v) is 8.80. The lowest BCUT2D eigenvalue weighted by atomic mass is 10.2. The summed E-state index contributed by atoms with van der Waals surface area (Å²) in [4.78, 5) is 8.47. The van der Waals surface area contributed by atoms with E-state index in [0.717, 1.165) is 18.8 Å². The van der Waals surface area contributed by atoms with Gasteiger partial charge in [0, 0.05) is 16.7 Å². The summed E-state index contributed by atoms with van der Waals surface area (Å²) in [5.74, 6) is 0.946. The molecule has 0 saturated carbocycles. The number of nitrogens with zero attached hydrogens (tertiary/aromatic N) is 2. The van der Waals surface area contributed by atoms with E-state index in [9.17, 15) is 5.11 Å². The maximum absolute atomic E-state index is 9.94. The summed E-state index contributed by atoms with van der Waals surface area (Å²) in [6.07, 6.45) is 4.28. The van der Waals surface area contributed by atoms with Crippen molar-refractivity contribution in [1.29, 1.82) is 0 Å². The highest BCUT2D eigenvalue weighted by Crippen LogP contribution is 2.29. The Balaban J connectivity index is 1.73. The zero-order chi connectivity index (χ0) is 16.1. The van der Waals surface area contributed by atoms with Crippen molar-refractivity contribution in [2.75, 3.05) is 26.7 Å². The fraction of sp³-hybridized carbons (Fsp3) is 0.389. The third-order valence-corrected chi connectivity index (χ3v) is 5.17. The van der Waals surface area contributed by atoms with Crippen LogP contribution in [0, 0.1) is 0 Å². The summed E-state index contributed by atoms with van der Waals surface area (Å²) in [6, 6.07) is 9.80. The number of thiophene rings is 1. The maximum atomic E-state index is 9.94. The van der Waals surface area contributed by atoms with Crippen molar-refractivity contribution in [1.82, 2.24) is 4.90 Å². The quantitative estimate of drug-likeness (QED) is 0.821. The number of phenols is 1. The summed E-state index contributed by atoms with van der Waals surface area (Å²) < 4.78 is 5.20. The van der Waals surface area contributed by atoms with Crippen LogP contribution in [0.1, 0.15) is 29.3 Å². The molecule has 4 nitrogen and oxygen atoms in total. The van der Waals surface area contributed by atoms with Crippen molar-refractivity contribution < 1.29 is 9.84 Å². The van der Waals surface area contributed by atoms with Crippen LogP contribution in [0.2, 0.25) is 0 Å². The summed E-state index contributed by atoms with van der Waals surface area (Å²) >= 11 is 1.79. The van der Waals surface area contributed by atoms with Gasteiger partial charge in [0.2, 0.25) is 0 Å². The number of aromatic hydroxyl groups is 1. The van der Waals surface area contributed by atoms with Gasteiger partial charge >= 0.3 is 0 Å². The molecular formula is C18H22N2O2S. The molecule has 2 aromatic rings. The molecule has 0 aliphatic carbocycles. The first kappa shape index (κ1) is 16.0. The Morgan fingerprint density at radius 2 is 2.17 bits per heavy atom. The molecule has 0 spiro atoms. The van der Waals surface area contributed by atoms with Crippen LogP contribution in [-0.4, -0.2) is 43.0 Å². The van der Waals surface area contributed by atoms with Crippen LogP contribution in [0.5, 0.6) is 11.5 Å². The fourth-order valence-electron chi connectivity index (χ4n) is 2.93. The molecule has 1 aliphatic rings. The van der Waals surface area contributed by atoms with Crippen molar-refractivity contribution in [3.63, 3.8) is 0 Å². The Morgan fingerprint density at radius 1 is 1.35 bits per heavy atom. The highest BCUT2D eigenvalue weighted by atomic mass is 32.1. The molecule has 23 heavy (non-hydrogen) atoms. The predicted molar refractivity (Wildman–Crippen MR) is 95.0 cm³/mol. The van der Waals surface area contributed by atoms with Crippen LogP contribution in [0.15, 0.2) is 40.7 Å². The van der Waals surface area contributed by atoms with Gasteiger partial charge in [-0.05, 0) is 55.6 Å². The number of hydrogen-bond donors (Lipinski definition) is 1. The molecule has 1 aromatic heterocycles. The lowest BCUT2D eigenvalue weighted by molar-refractivity contribution is 0.255. The molecule has 0 radical (unpaired) electrons. The van der Waals surface area contributed by atoms with E-state index in [1.54, 1.807) is 42.9 Å². The normalized spacial score (nSPS) is 16.9. The van der Waals surface area contributed by atoms with Crippen LogP contribution >= 0.6 is 11.3 Å². The Kier molecular flexibility index (Phi) is 5.31. The minimum atomic E-state index is 0.225. The Labute approximate surface area is 141 Å². The average Bonchev–Trinajstić information content (AvgIpc) is 3.27. The van der Waals surface area contributed by atoms with Gasteiger partial charge in [-0.1, -0.05) is 6.07 Å². The largest absolute Gasteiger partial charge is 0.507 e. The number of ether oxygens (including phenoxy) is 1. The fourth-order valence-corrected chi connectivity index (χ4v) is 3.79. The van der Waals surface area contributed by atoms with E-state index in [0.29, 0.717) is 18.2 Å². The minimum Gasteiger partial charge on any atom is -0.507 e. The van der Waals surface area contributed by atoms with Gasteiger partial charge in [-0.25, -0.2) is 0 Å². The lowest BCUT2D eigenvalue weighted by Gasteiger charge is -2.25. The molecule has 0 amide bonds. The molecule has 1 saturated heterocycles. The summed E-state index contributed by atoms with van der Waals surface area (Å²) in [7, 11) is 1.62. The van der Waals surface area contributed by atoms with Crippen molar-refractivity contribution >= 4 is 17.6 Å². The summed E-state index contributed by atoms with van der Waals surface area (Å²) in [5, 5.41) is 12.1. The van der Waals surface area contributed by atoms with Crippen molar-refractivity contribution in [2.45, 2.75) is 18.9 Å². The van der Waals surface area contributed by atoms with Crippen LogP contribution in [0.25, 0.3) is 0 Å². The Hall–Kier alpha value is -1.85. The maximum Gasteiger partial charge on any atom is 0.124 e. The van der Waals surface area contributed by atoms with Gasteiger partial charge in [-0.3, -0.25) is 9.89 Å². The van der Waals surface area contributed by atoms with Crippen molar-refractivity contribution in [3.8, 4) is 11.5 Å². The molecule has 1 aromatic carbocycles. The lowest BCUT2D eigenvalue weighted by Crippen LogP contribution is -2.27. The van der Waals surface area contributed by atoms with Gasteiger partial charge in [0.05, 0.1) is 19.7 Å². The van der Waals surface area contributed by atoms with E-state index in [1.807, 2.05) is 0 Å². The first-order chi connectivity index (χ1) is 11.3. The third kappa shape index (κ3) is 3.92. The highest BCUT2D eigenvalue weighted by molar-refractivity contribution is 7.10. The van der Waals surface area contributed by atoms with Crippen LogP contribution in [0.4, 0.5) is 0 Å². The van der Waals surface area contributed by atoms with Gasteiger partial charge < -0.3 is 9.84 Å². The number of aliphatic imine (C=N–C) groups is 1. The molecule has 3 rings (SSSR count). The molecule has 122 valence electrons. The van der Waals surface area contributed by atoms with E-state index >= 15 is 0 Å². The Bertz CT molecular complexity index is 649. The van der Waals surface area contributed by atoms with Gasteiger partial charge in [0.15, 0.2) is 0 Å². The van der Waals surface area contributed by atoms with E-state index in [-0.39, 0.29) is 5.75 Å². The summed E-state index contributed by atoms with van der Waals surface area (Å²) in [6.45, 7) is 2.99.